The second-order valence-corrected chi connectivity index (χ2v) is 10.5. The summed E-state index contributed by atoms with van der Waals surface area (Å²) in [7, 11) is 0. The Morgan fingerprint density at radius 3 is 0.972 bits per heavy atom. The molecule has 0 aromatic rings. The lowest BCUT2D eigenvalue weighted by Gasteiger charge is -2.26. The molecular formula is C32H68O4. The summed E-state index contributed by atoms with van der Waals surface area (Å²) >= 11 is 0. The van der Waals surface area contributed by atoms with E-state index in [0.717, 1.165) is 0 Å². The van der Waals surface area contributed by atoms with E-state index in [9.17, 15) is 0 Å². The fourth-order valence-electron chi connectivity index (χ4n) is 4.61. The first-order valence-corrected chi connectivity index (χ1v) is 16.1. The summed E-state index contributed by atoms with van der Waals surface area (Å²) in [5, 5.41) is 16.2. The number of aliphatic hydroxyl groups is 2. The Hall–Kier alpha value is -0.160. The summed E-state index contributed by atoms with van der Waals surface area (Å²) in [6, 6.07) is 0. The molecule has 0 saturated heterocycles. The van der Waals surface area contributed by atoms with Gasteiger partial charge in [-0.05, 0) is 25.7 Å². The van der Waals surface area contributed by atoms with E-state index in [0.29, 0.717) is 25.4 Å². The van der Waals surface area contributed by atoms with Crippen LogP contribution >= 0.6 is 0 Å². The first-order valence-electron chi connectivity index (χ1n) is 16.1. The zero-order chi connectivity index (χ0) is 27.0. The van der Waals surface area contributed by atoms with E-state index in [1.54, 1.807) is 0 Å². The van der Waals surface area contributed by atoms with Gasteiger partial charge in [0.15, 0.2) is 0 Å². The van der Waals surface area contributed by atoms with E-state index in [1.165, 1.54) is 141 Å². The highest BCUT2D eigenvalue weighted by atomic mass is 16.5. The van der Waals surface area contributed by atoms with Gasteiger partial charge in [0.05, 0.1) is 38.6 Å². The number of rotatable bonds is 28. The van der Waals surface area contributed by atoms with Crippen LogP contribution in [0.15, 0.2) is 0 Å². The van der Waals surface area contributed by atoms with E-state index in [4.69, 9.17) is 14.9 Å². The van der Waals surface area contributed by atoms with Crippen molar-refractivity contribution in [1.29, 1.82) is 0 Å². The molecule has 2 unspecified atom stereocenters. The van der Waals surface area contributed by atoms with Crippen molar-refractivity contribution in [2.24, 2.45) is 0 Å². The molecule has 0 bridgehead atoms. The lowest BCUT2D eigenvalue weighted by atomic mass is 10.00. The first kappa shape index (κ1) is 38.0. The molecule has 2 N–H and O–H groups in total. The van der Waals surface area contributed by atoms with Crippen LogP contribution in [0.3, 0.4) is 0 Å². The van der Waals surface area contributed by atoms with Gasteiger partial charge in [0, 0.05) is 0 Å². The van der Waals surface area contributed by atoms with Crippen LogP contribution in [0.5, 0.6) is 0 Å². The van der Waals surface area contributed by atoms with Crippen LogP contribution < -0.4 is 0 Å². The Bertz CT molecular complexity index is 332. The second-order valence-electron chi connectivity index (χ2n) is 10.5. The SMILES string of the molecule is CCCCCCCC(CCCCCC)OC(CCCCCC)CCCCCCC.OCCOCCO. The molecule has 4 heteroatoms. The number of aliphatic hydroxyl groups excluding tert-OH is 2. The van der Waals surface area contributed by atoms with Crippen LogP contribution in [-0.4, -0.2) is 48.8 Å². The summed E-state index contributed by atoms with van der Waals surface area (Å²) in [5.74, 6) is 0. The van der Waals surface area contributed by atoms with Crippen molar-refractivity contribution in [3.8, 4) is 0 Å². The molecule has 0 saturated carbocycles. The molecule has 0 fully saturated rings. The van der Waals surface area contributed by atoms with Crippen LogP contribution in [-0.2, 0) is 9.47 Å². The molecule has 0 aliphatic heterocycles. The third-order valence-electron chi connectivity index (χ3n) is 6.87. The zero-order valence-electron chi connectivity index (χ0n) is 25.3. The van der Waals surface area contributed by atoms with Crippen LogP contribution in [0, 0.1) is 0 Å². The van der Waals surface area contributed by atoms with Gasteiger partial charge in [-0.3, -0.25) is 0 Å². The van der Waals surface area contributed by atoms with Crippen LogP contribution in [0.25, 0.3) is 0 Å². The van der Waals surface area contributed by atoms with E-state index in [2.05, 4.69) is 32.4 Å². The van der Waals surface area contributed by atoms with Crippen molar-refractivity contribution in [2.45, 2.75) is 181 Å². The molecule has 0 aromatic heterocycles. The van der Waals surface area contributed by atoms with Crippen molar-refractivity contribution >= 4 is 0 Å². The maximum Gasteiger partial charge on any atom is 0.0698 e. The maximum absolute atomic E-state index is 8.09. The summed E-state index contributed by atoms with van der Waals surface area (Å²) in [4.78, 5) is 0. The minimum absolute atomic E-state index is 0.0278. The second kappa shape index (κ2) is 34.8. The van der Waals surface area contributed by atoms with Crippen LogP contribution in [0.1, 0.15) is 169 Å². The summed E-state index contributed by atoms with van der Waals surface area (Å²) in [6.07, 6.45) is 31.1. The molecule has 0 rings (SSSR count). The molecule has 0 aliphatic rings. The molecule has 0 radical (unpaired) electrons. The molecular weight excluding hydrogens is 448 g/mol. The van der Waals surface area contributed by atoms with Gasteiger partial charge in [0.2, 0.25) is 0 Å². The Labute approximate surface area is 227 Å². The molecule has 36 heavy (non-hydrogen) atoms. The minimum Gasteiger partial charge on any atom is -0.394 e. The molecule has 0 aliphatic carbocycles. The Morgan fingerprint density at radius 1 is 0.417 bits per heavy atom. The van der Waals surface area contributed by atoms with E-state index in [1.807, 2.05) is 0 Å². The predicted molar refractivity (Wildman–Crippen MR) is 158 cm³/mol. The molecule has 0 amide bonds. The van der Waals surface area contributed by atoms with Gasteiger partial charge in [0.1, 0.15) is 0 Å². The quantitative estimate of drug-likeness (QED) is 0.102. The van der Waals surface area contributed by atoms with E-state index < -0.39 is 0 Å². The van der Waals surface area contributed by atoms with Gasteiger partial charge in [0.25, 0.3) is 0 Å². The molecule has 0 spiro atoms. The van der Waals surface area contributed by atoms with Gasteiger partial charge < -0.3 is 19.7 Å². The fraction of sp³-hybridized carbons (Fsp3) is 1.00. The summed E-state index contributed by atoms with van der Waals surface area (Å²) in [5.41, 5.74) is 0. The van der Waals surface area contributed by atoms with E-state index >= 15 is 0 Å². The molecule has 0 aromatic carbocycles. The van der Waals surface area contributed by atoms with Crippen molar-refractivity contribution < 1.29 is 19.7 Å². The maximum atomic E-state index is 8.09. The highest BCUT2D eigenvalue weighted by Crippen LogP contribution is 2.22. The lowest BCUT2D eigenvalue weighted by Crippen LogP contribution is -2.23. The third kappa shape index (κ3) is 31.9. The van der Waals surface area contributed by atoms with Crippen molar-refractivity contribution in [1.82, 2.24) is 0 Å². The number of unbranched alkanes of at least 4 members (excludes halogenated alkanes) is 14. The normalized spacial score (nSPS) is 12.8. The molecule has 220 valence electrons. The van der Waals surface area contributed by atoms with Crippen molar-refractivity contribution in [3.05, 3.63) is 0 Å². The number of hydrogen-bond acceptors (Lipinski definition) is 4. The standard InChI is InChI=1S/C28H58O.C4H10O3/c1-5-9-13-17-21-25-27(23-19-15-11-7-3)29-28(24-20-16-12-8-4)26-22-18-14-10-6-2;5-1-3-7-4-2-6/h27-28H,5-26H2,1-4H3;5-6H,1-4H2. The average molecular weight is 517 g/mol. The lowest BCUT2D eigenvalue weighted by molar-refractivity contribution is -0.0324. The first-order chi connectivity index (χ1) is 17.7. The van der Waals surface area contributed by atoms with Crippen LogP contribution in [0.4, 0.5) is 0 Å². The van der Waals surface area contributed by atoms with Gasteiger partial charge in [-0.25, -0.2) is 0 Å². The Balaban J connectivity index is 0. The highest BCUT2D eigenvalue weighted by molar-refractivity contribution is 4.67. The molecule has 4 nitrogen and oxygen atoms in total. The molecule has 2 atom stereocenters. The topological polar surface area (TPSA) is 58.9 Å². The third-order valence-corrected chi connectivity index (χ3v) is 6.87. The summed E-state index contributed by atoms with van der Waals surface area (Å²) < 4.78 is 11.5. The van der Waals surface area contributed by atoms with E-state index in [-0.39, 0.29) is 13.2 Å². The zero-order valence-corrected chi connectivity index (χ0v) is 25.3. The average Bonchev–Trinajstić information content (AvgIpc) is 2.89. The molecule has 0 heterocycles. The van der Waals surface area contributed by atoms with Crippen molar-refractivity contribution in [3.63, 3.8) is 0 Å². The van der Waals surface area contributed by atoms with Gasteiger partial charge >= 0.3 is 0 Å². The Morgan fingerprint density at radius 2 is 0.694 bits per heavy atom. The predicted octanol–water partition coefficient (Wildman–Crippen LogP) is 9.39. The monoisotopic (exact) mass is 517 g/mol. The smallest absolute Gasteiger partial charge is 0.0698 e. The highest BCUT2D eigenvalue weighted by Gasteiger charge is 2.16. The van der Waals surface area contributed by atoms with Gasteiger partial charge in [-0.1, -0.05) is 143 Å². The van der Waals surface area contributed by atoms with Crippen molar-refractivity contribution in [2.75, 3.05) is 26.4 Å². The van der Waals surface area contributed by atoms with Gasteiger partial charge in [-0.15, -0.1) is 0 Å². The number of ether oxygens (including phenoxy) is 2. The van der Waals surface area contributed by atoms with Crippen LogP contribution in [0.2, 0.25) is 0 Å². The Kier molecular flexibility index (Phi) is 36.8. The fourth-order valence-corrected chi connectivity index (χ4v) is 4.61. The number of hydrogen-bond donors (Lipinski definition) is 2. The van der Waals surface area contributed by atoms with Gasteiger partial charge in [-0.2, -0.15) is 0 Å². The minimum atomic E-state index is 0.0278. The largest absolute Gasteiger partial charge is 0.394 e. The summed E-state index contributed by atoms with van der Waals surface area (Å²) in [6.45, 7) is 9.94.